The summed E-state index contributed by atoms with van der Waals surface area (Å²) in [7, 11) is 0. The molecule has 21 heavy (non-hydrogen) atoms. The Kier molecular flexibility index (Phi) is 3.93. The molecule has 1 unspecified atom stereocenters. The van der Waals surface area contributed by atoms with Crippen LogP contribution in [0.15, 0.2) is 42.6 Å². The number of hydrogen-bond donors (Lipinski definition) is 0. The lowest BCUT2D eigenvalue weighted by Gasteiger charge is -2.20. The Morgan fingerprint density at radius 1 is 1.19 bits per heavy atom. The van der Waals surface area contributed by atoms with Crippen molar-refractivity contribution in [3.63, 3.8) is 0 Å². The Morgan fingerprint density at radius 2 is 1.95 bits per heavy atom. The van der Waals surface area contributed by atoms with E-state index in [-0.39, 0.29) is 6.04 Å². The zero-order valence-corrected chi connectivity index (χ0v) is 13.0. The van der Waals surface area contributed by atoms with E-state index in [1.165, 1.54) is 5.56 Å². The van der Waals surface area contributed by atoms with Crippen molar-refractivity contribution in [3.05, 3.63) is 59.5 Å². The monoisotopic (exact) mass is 299 g/mol. The molecule has 0 N–H and O–H groups in total. The highest BCUT2D eigenvalue weighted by Crippen LogP contribution is 2.29. The molecule has 0 fully saturated rings. The summed E-state index contributed by atoms with van der Waals surface area (Å²) in [6, 6.07) is 12.7. The standard InChI is InChI=1S/C17H18ClN3/c1-3-14(13-7-5-4-6-8-13)21-15(11-18)20-16-12(2)9-10-19-17(16)21/h4-10,14H,3,11H2,1-2H3. The zero-order chi connectivity index (χ0) is 14.8. The highest BCUT2D eigenvalue weighted by atomic mass is 35.5. The molecule has 108 valence electrons. The molecular formula is C17H18ClN3. The van der Waals surface area contributed by atoms with E-state index < -0.39 is 0 Å². The molecule has 1 atom stereocenters. The average Bonchev–Trinajstić information content (AvgIpc) is 2.90. The maximum Gasteiger partial charge on any atom is 0.160 e. The number of benzene rings is 1. The summed E-state index contributed by atoms with van der Waals surface area (Å²) in [6.45, 7) is 4.24. The topological polar surface area (TPSA) is 30.7 Å². The molecule has 3 nitrogen and oxygen atoms in total. The molecule has 0 spiro atoms. The Morgan fingerprint density at radius 3 is 2.62 bits per heavy atom. The first-order valence-corrected chi connectivity index (χ1v) is 7.73. The third-order valence-electron chi connectivity index (χ3n) is 3.86. The fourth-order valence-electron chi connectivity index (χ4n) is 2.82. The van der Waals surface area contributed by atoms with Gasteiger partial charge in [-0.3, -0.25) is 0 Å². The molecule has 3 aromatic rings. The van der Waals surface area contributed by atoms with Crippen LogP contribution in [0.5, 0.6) is 0 Å². The van der Waals surface area contributed by atoms with Crippen molar-refractivity contribution in [1.82, 2.24) is 14.5 Å². The third-order valence-corrected chi connectivity index (χ3v) is 4.10. The van der Waals surface area contributed by atoms with Gasteiger partial charge in [-0.15, -0.1) is 11.6 Å². The van der Waals surface area contributed by atoms with Gasteiger partial charge in [-0.25, -0.2) is 9.97 Å². The second kappa shape index (κ2) is 5.86. The van der Waals surface area contributed by atoms with Crippen LogP contribution in [0.4, 0.5) is 0 Å². The predicted octanol–water partition coefficient (Wildman–Crippen LogP) is 4.48. The molecule has 2 heterocycles. The van der Waals surface area contributed by atoms with Crippen molar-refractivity contribution in [2.45, 2.75) is 32.2 Å². The molecule has 4 heteroatoms. The summed E-state index contributed by atoms with van der Waals surface area (Å²) >= 11 is 6.13. The molecule has 0 radical (unpaired) electrons. The molecule has 0 aliphatic carbocycles. The number of alkyl halides is 1. The van der Waals surface area contributed by atoms with Crippen molar-refractivity contribution >= 4 is 22.8 Å². The number of aromatic nitrogens is 3. The van der Waals surface area contributed by atoms with E-state index in [1.807, 2.05) is 18.3 Å². The number of aryl methyl sites for hydroxylation is 1. The van der Waals surface area contributed by atoms with E-state index in [0.29, 0.717) is 5.88 Å². The van der Waals surface area contributed by atoms with Crippen molar-refractivity contribution in [2.75, 3.05) is 0 Å². The lowest BCUT2D eigenvalue weighted by atomic mass is 10.0. The van der Waals surface area contributed by atoms with Gasteiger partial charge in [0.15, 0.2) is 5.65 Å². The third kappa shape index (κ3) is 2.42. The highest BCUT2D eigenvalue weighted by molar-refractivity contribution is 6.16. The number of imidazole rings is 1. The summed E-state index contributed by atoms with van der Waals surface area (Å²) in [6.07, 6.45) is 2.81. The molecular weight excluding hydrogens is 282 g/mol. The van der Waals surface area contributed by atoms with Crippen molar-refractivity contribution < 1.29 is 0 Å². The van der Waals surface area contributed by atoms with Gasteiger partial charge in [-0.2, -0.15) is 0 Å². The molecule has 0 bridgehead atoms. The first-order chi connectivity index (χ1) is 10.3. The van der Waals surface area contributed by atoms with E-state index in [9.17, 15) is 0 Å². The summed E-state index contributed by atoms with van der Waals surface area (Å²) < 4.78 is 2.19. The van der Waals surface area contributed by atoms with Crippen LogP contribution < -0.4 is 0 Å². The minimum Gasteiger partial charge on any atom is -0.304 e. The first-order valence-electron chi connectivity index (χ1n) is 7.19. The van der Waals surface area contributed by atoms with Crippen LogP contribution in [-0.2, 0) is 5.88 Å². The molecule has 0 aliphatic rings. The first kappa shape index (κ1) is 14.1. The van der Waals surface area contributed by atoms with Crippen LogP contribution in [0.3, 0.4) is 0 Å². The lowest BCUT2D eigenvalue weighted by molar-refractivity contribution is 0.561. The number of hydrogen-bond acceptors (Lipinski definition) is 2. The number of pyridine rings is 1. The van der Waals surface area contributed by atoms with E-state index >= 15 is 0 Å². The molecule has 0 aliphatic heterocycles. The molecule has 0 saturated carbocycles. The quantitative estimate of drug-likeness (QED) is 0.665. The Balaban J connectivity index is 2.25. The minimum atomic E-state index is 0.208. The largest absolute Gasteiger partial charge is 0.304 e. The Hall–Kier alpha value is -1.87. The Bertz CT molecular complexity index is 749. The van der Waals surface area contributed by atoms with E-state index in [1.54, 1.807) is 0 Å². The fraction of sp³-hybridized carbons (Fsp3) is 0.294. The van der Waals surface area contributed by atoms with Crippen LogP contribution in [0.25, 0.3) is 11.2 Å². The smallest absolute Gasteiger partial charge is 0.160 e. The number of halogens is 1. The van der Waals surface area contributed by atoms with Crippen LogP contribution >= 0.6 is 11.6 Å². The van der Waals surface area contributed by atoms with E-state index in [2.05, 4.69) is 47.7 Å². The summed E-state index contributed by atoms with van der Waals surface area (Å²) in [5, 5.41) is 0. The minimum absolute atomic E-state index is 0.208. The highest BCUT2D eigenvalue weighted by Gasteiger charge is 2.20. The van der Waals surface area contributed by atoms with Gasteiger partial charge in [0.25, 0.3) is 0 Å². The van der Waals surface area contributed by atoms with Crippen LogP contribution in [0.2, 0.25) is 0 Å². The average molecular weight is 300 g/mol. The maximum absolute atomic E-state index is 6.13. The summed E-state index contributed by atoms with van der Waals surface area (Å²) in [4.78, 5) is 9.24. The zero-order valence-electron chi connectivity index (χ0n) is 12.3. The predicted molar refractivity (Wildman–Crippen MR) is 86.7 cm³/mol. The maximum atomic E-state index is 6.13. The molecule has 0 amide bonds. The van der Waals surface area contributed by atoms with Crippen LogP contribution in [0, 0.1) is 6.92 Å². The summed E-state index contributed by atoms with van der Waals surface area (Å²) in [5.74, 6) is 1.27. The van der Waals surface area contributed by atoms with Crippen LogP contribution in [-0.4, -0.2) is 14.5 Å². The molecule has 1 aromatic carbocycles. The van der Waals surface area contributed by atoms with Gasteiger partial charge in [0, 0.05) is 6.20 Å². The fourth-order valence-corrected chi connectivity index (χ4v) is 3.01. The normalized spacial score (nSPS) is 12.7. The SMILES string of the molecule is CCC(c1ccccc1)n1c(CCl)nc2c(C)ccnc21. The number of nitrogens with zero attached hydrogens (tertiary/aromatic N) is 3. The van der Waals surface area contributed by atoms with Gasteiger partial charge in [0.2, 0.25) is 0 Å². The molecule has 3 rings (SSSR count). The van der Waals surface area contributed by atoms with Crippen molar-refractivity contribution in [3.8, 4) is 0 Å². The molecule has 0 saturated heterocycles. The van der Waals surface area contributed by atoms with Gasteiger partial charge < -0.3 is 4.57 Å². The van der Waals surface area contributed by atoms with Gasteiger partial charge in [0.1, 0.15) is 11.3 Å². The van der Waals surface area contributed by atoms with Gasteiger partial charge in [0.05, 0.1) is 11.9 Å². The Labute approximate surface area is 129 Å². The van der Waals surface area contributed by atoms with Crippen molar-refractivity contribution in [2.24, 2.45) is 0 Å². The van der Waals surface area contributed by atoms with E-state index in [0.717, 1.165) is 29.0 Å². The second-order valence-corrected chi connectivity index (χ2v) is 5.43. The molecule has 2 aromatic heterocycles. The van der Waals surface area contributed by atoms with E-state index in [4.69, 9.17) is 16.6 Å². The van der Waals surface area contributed by atoms with Gasteiger partial charge in [-0.05, 0) is 30.5 Å². The number of rotatable bonds is 4. The van der Waals surface area contributed by atoms with Gasteiger partial charge in [-0.1, -0.05) is 37.3 Å². The van der Waals surface area contributed by atoms with Crippen molar-refractivity contribution in [1.29, 1.82) is 0 Å². The summed E-state index contributed by atoms with van der Waals surface area (Å²) in [5.41, 5.74) is 4.26. The van der Waals surface area contributed by atoms with Crippen LogP contribution in [0.1, 0.15) is 36.3 Å². The lowest BCUT2D eigenvalue weighted by Crippen LogP contribution is -2.13. The van der Waals surface area contributed by atoms with Gasteiger partial charge >= 0.3 is 0 Å². The number of fused-ring (bicyclic) bond motifs is 1. The second-order valence-electron chi connectivity index (χ2n) is 5.17.